The van der Waals surface area contributed by atoms with Crippen molar-refractivity contribution in [1.29, 1.82) is 0 Å². The smallest absolute Gasteiger partial charge is 0.0127 e. The molecule has 2 aromatic rings. The highest BCUT2D eigenvalue weighted by atomic mass is 15.1. The number of hydrogen-bond donors (Lipinski definition) is 0. The minimum absolute atomic E-state index is 0.603. The van der Waals surface area contributed by atoms with Crippen LogP contribution in [0.3, 0.4) is 0 Å². The van der Waals surface area contributed by atoms with Crippen LogP contribution >= 0.6 is 0 Å². The molecule has 102 valence electrons. The first-order chi connectivity index (χ1) is 9.84. The highest BCUT2D eigenvalue weighted by Crippen LogP contribution is 2.52. The van der Waals surface area contributed by atoms with Gasteiger partial charge in [-0.25, -0.2) is 0 Å². The second-order valence-corrected chi connectivity index (χ2v) is 6.34. The fraction of sp³-hybridized carbons (Fsp3) is 0.368. The van der Waals surface area contributed by atoms with Crippen LogP contribution in [0.2, 0.25) is 0 Å². The maximum Gasteiger partial charge on any atom is 0.0127 e. The SMILES string of the molecule is CN1CCC2C(C1)c1ccccc1C2c1ccccc1. The van der Waals surface area contributed by atoms with Crippen molar-refractivity contribution in [2.24, 2.45) is 5.92 Å². The van der Waals surface area contributed by atoms with Crippen LogP contribution in [0, 0.1) is 5.92 Å². The zero-order valence-electron chi connectivity index (χ0n) is 12.0. The minimum atomic E-state index is 0.603. The molecule has 1 heterocycles. The van der Waals surface area contributed by atoms with Gasteiger partial charge in [0.15, 0.2) is 0 Å². The Morgan fingerprint density at radius 2 is 1.60 bits per heavy atom. The van der Waals surface area contributed by atoms with Crippen LogP contribution in [0.25, 0.3) is 0 Å². The number of hydrogen-bond acceptors (Lipinski definition) is 1. The molecule has 4 rings (SSSR count). The fourth-order valence-corrected chi connectivity index (χ4v) is 4.31. The van der Waals surface area contributed by atoms with Crippen molar-refractivity contribution >= 4 is 0 Å². The van der Waals surface area contributed by atoms with Gasteiger partial charge in [0.1, 0.15) is 0 Å². The lowest BCUT2D eigenvalue weighted by molar-refractivity contribution is 0.191. The molecule has 0 bridgehead atoms. The summed E-state index contributed by atoms with van der Waals surface area (Å²) in [4.78, 5) is 2.49. The van der Waals surface area contributed by atoms with Crippen molar-refractivity contribution < 1.29 is 0 Å². The summed E-state index contributed by atoms with van der Waals surface area (Å²) in [5, 5.41) is 0. The molecular formula is C19H21N. The van der Waals surface area contributed by atoms with Crippen molar-refractivity contribution in [3.8, 4) is 0 Å². The summed E-state index contributed by atoms with van der Waals surface area (Å²) in [6.07, 6.45) is 1.31. The number of fused-ring (bicyclic) bond motifs is 3. The van der Waals surface area contributed by atoms with Crippen molar-refractivity contribution in [2.75, 3.05) is 20.1 Å². The highest BCUT2D eigenvalue weighted by molar-refractivity contribution is 5.46. The normalized spacial score (nSPS) is 28.9. The third-order valence-corrected chi connectivity index (χ3v) is 5.19. The first-order valence-corrected chi connectivity index (χ1v) is 7.67. The van der Waals surface area contributed by atoms with Gasteiger partial charge in [-0.15, -0.1) is 0 Å². The fourth-order valence-electron chi connectivity index (χ4n) is 4.31. The van der Waals surface area contributed by atoms with E-state index in [2.05, 4.69) is 66.5 Å². The summed E-state index contributed by atoms with van der Waals surface area (Å²) in [5.74, 6) is 2.10. The van der Waals surface area contributed by atoms with Gasteiger partial charge in [0.2, 0.25) is 0 Å². The second-order valence-electron chi connectivity index (χ2n) is 6.34. The van der Waals surface area contributed by atoms with Crippen LogP contribution in [-0.4, -0.2) is 25.0 Å². The monoisotopic (exact) mass is 263 g/mol. The standard InChI is InChI=1S/C19H21N/c1-20-12-11-17-18(13-20)15-9-5-6-10-16(15)19(17)14-7-3-2-4-8-14/h2-10,17-19H,11-13H2,1H3. The van der Waals surface area contributed by atoms with E-state index in [4.69, 9.17) is 0 Å². The number of rotatable bonds is 1. The van der Waals surface area contributed by atoms with E-state index < -0.39 is 0 Å². The van der Waals surface area contributed by atoms with E-state index in [0.717, 1.165) is 11.8 Å². The molecule has 20 heavy (non-hydrogen) atoms. The largest absolute Gasteiger partial charge is 0.306 e. The first kappa shape index (κ1) is 12.2. The maximum absolute atomic E-state index is 2.49. The molecule has 1 aliphatic carbocycles. The van der Waals surface area contributed by atoms with Gasteiger partial charge in [-0.05, 0) is 42.6 Å². The average molecular weight is 263 g/mol. The molecule has 2 aliphatic rings. The molecule has 3 unspecified atom stereocenters. The molecule has 0 saturated carbocycles. The molecule has 0 radical (unpaired) electrons. The van der Waals surface area contributed by atoms with E-state index in [1.54, 1.807) is 11.1 Å². The predicted octanol–water partition coefficient (Wildman–Crippen LogP) is 3.87. The van der Waals surface area contributed by atoms with Gasteiger partial charge >= 0.3 is 0 Å². The molecule has 0 amide bonds. The van der Waals surface area contributed by atoms with E-state index in [1.165, 1.54) is 25.1 Å². The van der Waals surface area contributed by atoms with Crippen LogP contribution < -0.4 is 0 Å². The molecule has 3 atom stereocenters. The first-order valence-electron chi connectivity index (χ1n) is 7.67. The molecule has 1 saturated heterocycles. The lowest BCUT2D eigenvalue weighted by Crippen LogP contribution is -2.35. The molecule has 1 fully saturated rings. The minimum Gasteiger partial charge on any atom is -0.306 e. The molecule has 1 nitrogen and oxygen atoms in total. The Balaban J connectivity index is 1.83. The van der Waals surface area contributed by atoms with Gasteiger partial charge in [-0.3, -0.25) is 0 Å². The third-order valence-electron chi connectivity index (χ3n) is 5.19. The molecule has 1 aliphatic heterocycles. The maximum atomic E-state index is 2.49. The van der Waals surface area contributed by atoms with Crippen LogP contribution in [-0.2, 0) is 0 Å². The lowest BCUT2D eigenvalue weighted by Gasteiger charge is -2.35. The van der Waals surface area contributed by atoms with Gasteiger partial charge in [0, 0.05) is 18.4 Å². The van der Waals surface area contributed by atoms with Gasteiger partial charge in [-0.1, -0.05) is 54.6 Å². The van der Waals surface area contributed by atoms with Crippen molar-refractivity contribution in [1.82, 2.24) is 4.90 Å². The number of likely N-dealkylation sites (N-methyl/N-ethyl adjacent to an activating group) is 1. The summed E-state index contributed by atoms with van der Waals surface area (Å²) in [6, 6.07) is 20.2. The summed E-state index contributed by atoms with van der Waals surface area (Å²) in [6.45, 7) is 2.45. The van der Waals surface area contributed by atoms with E-state index in [9.17, 15) is 0 Å². The van der Waals surface area contributed by atoms with Crippen molar-refractivity contribution in [3.05, 3.63) is 71.3 Å². The Hall–Kier alpha value is -1.60. The van der Waals surface area contributed by atoms with Crippen LogP contribution in [0.15, 0.2) is 54.6 Å². The molecule has 0 spiro atoms. The zero-order valence-corrected chi connectivity index (χ0v) is 12.0. The van der Waals surface area contributed by atoms with E-state index in [-0.39, 0.29) is 0 Å². The number of benzene rings is 2. The molecule has 0 N–H and O–H groups in total. The summed E-state index contributed by atoms with van der Waals surface area (Å²) < 4.78 is 0. The predicted molar refractivity (Wildman–Crippen MR) is 83.1 cm³/mol. The van der Waals surface area contributed by atoms with E-state index >= 15 is 0 Å². The highest BCUT2D eigenvalue weighted by Gasteiger charge is 2.43. The topological polar surface area (TPSA) is 3.24 Å². The van der Waals surface area contributed by atoms with E-state index in [1.807, 2.05) is 0 Å². The second kappa shape index (κ2) is 4.75. The third kappa shape index (κ3) is 1.81. The average Bonchev–Trinajstić information content (AvgIpc) is 2.82. The summed E-state index contributed by atoms with van der Waals surface area (Å²) in [7, 11) is 2.26. The van der Waals surface area contributed by atoms with Crippen LogP contribution in [0.1, 0.15) is 34.9 Å². The summed E-state index contributed by atoms with van der Waals surface area (Å²) >= 11 is 0. The molecular weight excluding hydrogens is 242 g/mol. The number of likely N-dealkylation sites (tertiary alicyclic amines) is 1. The van der Waals surface area contributed by atoms with Gasteiger partial charge in [0.05, 0.1) is 0 Å². The van der Waals surface area contributed by atoms with Gasteiger partial charge in [-0.2, -0.15) is 0 Å². The van der Waals surface area contributed by atoms with Gasteiger partial charge < -0.3 is 4.90 Å². The Labute approximate surface area is 121 Å². The van der Waals surface area contributed by atoms with Crippen molar-refractivity contribution in [2.45, 2.75) is 18.3 Å². The Kier molecular flexibility index (Phi) is 2.89. The quantitative estimate of drug-likeness (QED) is 0.755. The van der Waals surface area contributed by atoms with E-state index in [0.29, 0.717) is 5.92 Å². The lowest BCUT2D eigenvalue weighted by atomic mass is 9.78. The van der Waals surface area contributed by atoms with Crippen LogP contribution in [0.5, 0.6) is 0 Å². The zero-order chi connectivity index (χ0) is 13.5. The Morgan fingerprint density at radius 3 is 2.40 bits per heavy atom. The summed E-state index contributed by atoms with van der Waals surface area (Å²) in [5.41, 5.74) is 4.67. The molecule has 0 aromatic heterocycles. The van der Waals surface area contributed by atoms with Gasteiger partial charge in [0.25, 0.3) is 0 Å². The number of piperidine rings is 1. The molecule has 2 aromatic carbocycles. The molecule has 1 heteroatoms. The number of nitrogens with zero attached hydrogens (tertiary/aromatic N) is 1. The Bertz CT molecular complexity index is 604. The Morgan fingerprint density at radius 1 is 0.900 bits per heavy atom. The van der Waals surface area contributed by atoms with Crippen LogP contribution in [0.4, 0.5) is 0 Å². The van der Waals surface area contributed by atoms with Crippen molar-refractivity contribution in [3.63, 3.8) is 0 Å².